The summed E-state index contributed by atoms with van der Waals surface area (Å²) in [5.74, 6) is -0.853. The van der Waals surface area contributed by atoms with Gasteiger partial charge < -0.3 is 10.6 Å². The molecule has 0 aromatic heterocycles. The van der Waals surface area contributed by atoms with Crippen molar-refractivity contribution < 1.29 is 14.4 Å². The average molecular weight is 344 g/mol. The van der Waals surface area contributed by atoms with Crippen molar-refractivity contribution in [2.45, 2.75) is 57.5 Å². The molecule has 3 amide bonds. The Labute approximate surface area is 143 Å². The van der Waals surface area contributed by atoms with Crippen molar-refractivity contribution in [3.8, 4) is 0 Å². The molecule has 0 aromatic carbocycles. The van der Waals surface area contributed by atoms with E-state index >= 15 is 0 Å². The fourth-order valence-electron chi connectivity index (χ4n) is 4.02. The molecule has 3 rings (SSSR count). The molecule has 3 aliphatic rings. The zero-order valence-corrected chi connectivity index (χ0v) is 14.4. The van der Waals surface area contributed by atoms with Crippen LogP contribution in [-0.2, 0) is 14.4 Å². The van der Waals surface area contributed by atoms with E-state index in [1.54, 1.807) is 0 Å². The van der Waals surface area contributed by atoms with Crippen LogP contribution in [-0.4, -0.2) is 47.8 Å². The Kier molecular flexibility index (Phi) is 6.03. The van der Waals surface area contributed by atoms with Gasteiger partial charge in [-0.15, -0.1) is 12.4 Å². The summed E-state index contributed by atoms with van der Waals surface area (Å²) in [6.45, 7) is 2.90. The first-order chi connectivity index (χ1) is 10.6. The molecule has 23 heavy (non-hydrogen) atoms. The van der Waals surface area contributed by atoms with Gasteiger partial charge in [0.1, 0.15) is 6.54 Å². The van der Waals surface area contributed by atoms with Gasteiger partial charge in [-0.2, -0.15) is 0 Å². The van der Waals surface area contributed by atoms with Crippen LogP contribution >= 0.6 is 12.4 Å². The fraction of sp³-hybridized carbons (Fsp3) is 0.812. The molecular weight excluding hydrogens is 318 g/mol. The Balaban J connectivity index is 0.00000192. The predicted octanol–water partition coefficient (Wildman–Crippen LogP) is 0.840. The van der Waals surface area contributed by atoms with Crippen LogP contribution in [0, 0.1) is 11.8 Å². The monoisotopic (exact) mass is 343 g/mol. The number of hydrogen-bond donors (Lipinski definition) is 2. The minimum atomic E-state index is -0.221. The van der Waals surface area contributed by atoms with Crippen LogP contribution in [0.5, 0.6) is 0 Å². The number of piperidine rings is 1. The molecular formula is C16H26ClN3O3. The van der Waals surface area contributed by atoms with E-state index in [-0.39, 0.29) is 60.6 Å². The molecule has 0 radical (unpaired) electrons. The van der Waals surface area contributed by atoms with E-state index in [4.69, 9.17) is 0 Å². The van der Waals surface area contributed by atoms with Crippen LogP contribution < -0.4 is 10.6 Å². The van der Waals surface area contributed by atoms with E-state index in [1.807, 2.05) is 6.92 Å². The van der Waals surface area contributed by atoms with E-state index in [0.29, 0.717) is 0 Å². The zero-order chi connectivity index (χ0) is 15.7. The summed E-state index contributed by atoms with van der Waals surface area (Å²) < 4.78 is 0. The van der Waals surface area contributed by atoms with Crippen molar-refractivity contribution in [1.29, 1.82) is 0 Å². The average Bonchev–Trinajstić information content (AvgIpc) is 2.75. The lowest BCUT2D eigenvalue weighted by Crippen LogP contribution is -2.54. The highest BCUT2D eigenvalue weighted by Crippen LogP contribution is 2.37. The van der Waals surface area contributed by atoms with Gasteiger partial charge in [0.25, 0.3) is 0 Å². The van der Waals surface area contributed by atoms with Crippen molar-refractivity contribution in [2.24, 2.45) is 11.8 Å². The topological polar surface area (TPSA) is 78.5 Å². The first-order valence-electron chi connectivity index (χ1n) is 8.46. The lowest BCUT2D eigenvalue weighted by atomic mass is 9.81. The standard InChI is InChI=1S/C16H25N3O3.ClH/c1-10-13(7-4-8-17-10)18-14(20)9-19-15(21)11-5-2-3-6-12(11)16(19)22;/h10-13,17H,2-9H2,1H3,(H,18,20);1H. The normalized spacial score (nSPS) is 33.9. The molecule has 0 spiro atoms. The van der Waals surface area contributed by atoms with Crippen LogP contribution in [0.25, 0.3) is 0 Å². The van der Waals surface area contributed by atoms with Gasteiger partial charge in [-0.1, -0.05) is 12.8 Å². The zero-order valence-electron chi connectivity index (χ0n) is 13.5. The number of carbonyl (C=O) groups excluding carboxylic acids is 3. The molecule has 0 bridgehead atoms. The molecule has 130 valence electrons. The van der Waals surface area contributed by atoms with Crippen LogP contribution in [0.2, 0.25) is 0 Å². The van der Waals surface area contributed by atoms with E-state index < -0.39 is 0 Å². The molecule has 2 saturated heterocycles. The fourth-order valence-corrected chi connectivity index (χ4v) is 4.02. The molecule has 4 unspecified atom stereocenters. The Hall–Kier alpha value is -1.14. The third-order valence-electron chi connectivity index (χ3n) is 5.34. The molecule has 3 fully saturated rings. The molecule has 4 atom stereocenters. The first kappa shape index (κ1) is 18.2. The van der Waals surface area contributed by atoms with Crippen LogP contribution in [0.15, 0.2) is 0 Å². The number of amides is 3. The SMILES string of the molecule is CC1NCCCC1NC(=O)CN1C(=O)C2CCCCC2C1=O.Cl. The highest BCUT2D eigenvalue weighted by Gasteiger charge is 2.48. The molecule has 0 aromatic rings. The van der Waals surface area contributed by atoms with Crippen LogP contribution in [0.1, 0.15) is 45.4 Å². The highest BCUT2D eigenvalue weighted by atomic mass is 35.5. The van der Waals surface area contributed by atoms with E-state index in [2.05, 4.69) is 10.6 Å². The minimum Gasteiger partial charge on any atom is -0.350 e. The number of likely N-dealkylation sites (tertiary alicyclic amines) is 1. The van der Waals surface area contributed by atoms with Gasteiger partial charge in [0.2, 0.25) is 17.7 Å². The Bertz CT molecular complexity index is 461. The summed E-state index contributed by atoms with van der Waals surface area (Å²) in [6, 6.07) is 0.307. The molecule has 1 saturated carbocycles. The van der Waals surface area contributed by atoms with Gasteiger partial charge >= 0.3 is 0 Å². The summed E-state index contributed by atoms with van der Waals surface area (Å²) in [6.07, 6.45) is 5.55. The van der Waals surface area contributed by atoms with Crippen molar-refractivity contribution in [2.75, 3.05) is 13.1 Å². The van der Waals surface area contributed by atoms with Crippen LogP contribution in [0.3, 0.4) is 0 Å². The van der Waals surface area contributed by atoms with Gasteiger partial charge in [0.05, 0.1) is 11.8 Å². The van der Waals surface area contributed by atoms with Gasteiger partial charge in [0.15, 0.2) is 0 Å². The summed E-state index contributed by atoms with van der Waals surface area (Å²) in [7, 11) is 0. The van der Waals surface area contributed by atoms with Crippen molar-refractivity contribution >= 4 is 30.1 Å². The van der Waals surface area contributed by atoms with E-state index in [0.717, 1.165) is 45.1 Å². The number of fused-ring (bicyclic) bond motifs is 1. The molecule has 2 aliphatic heterocycles. The van der Waals surface area contributed by atoms with E-state index in [1.165, 1.54) is 4.90 Å². The quantitative estimate of drug-likeness (QED) is 0.744. The van der Waals surface area contributed by atoms with E-state index in [9.17, 15) is 14.4 Å². The lowest BCUT2D eigenvalue weighted by Gasteiger charge is -2.31. The maximum Gasteiger partial charge on any atom is 0.240 e. The third-order valence-corrected chi connectivity index (χ3v) is 5.34. The highest BCUT2D eigenvalue weighted by molar-refractivity contribution is 6.07. The second-order valence-corrected chi connectivity index (χ2v) is 6.82. The summed E-state index contributed by atoms with van der Waals surface area (Å²) >= 11 is 0. The predicted molar refractivity (Wildman–Crippen MR) is 88.0 cm³/mol. The lowest BCUT2D eigenvalue weighted by molar-refractivity contribution is -0.143. The van der Waals surface area contributed by atoms with Gasteiger partial charge in [-0.05, 0) is 39.2 Å². The summed E-state index contributed by atoms with van der Waals surface area (Å²) in [5.41, 5.74) is 0. The Morgan fingerprint density at radius 3 is 2.30 bits per heavy atom. The second-order valence-electron chi connectivity index (χ2n) is 6.82. The number of imide groups is 1. The first-order valence-corrected chi connectivity index (χ1v) is 8.46. The number of carbonyl (C=O) groups is 3. The van der Waals surface area contributed by atoms with Crippen LogP contribution in [0.4, 0.5) is 0 Å². The smallest absolute Gasteiger partial charge is 0.240 e. The maximum absolute atomic E-state index is 12.4. The number of nitrogens with zero attached hydrogens (tertiary/aromatic N) is 1. The number of hydrogen-bond acceptors (Lipinski definition) is 4. The van der Waals surface area contributed by atoms with Crippen molar-refractivity contribution in [3.05, 3.63) is 0 Å². The Morgan fingerprint density at radius 1 is 1.13 bits per heavy atom. The third kappa shape index (κ3) is 3.69. The molecule has 7 heteroatoms. The molecule has 2 N–H and O–H groups in total. The summed E-state index contributed by atoms with van der Waals surface area (Å²) in [4.78, 5) is 38.1. The molecule has 2 heterocycles. The largest absolute Gasteiger partial charge is 0.350 e. The van der Waals surface area contributed by atoms with Gasteiger partial charge in [-0.3, -0.25) is 19.3 Å². The van der Waals surface area contributed by atoms with Crippen molar-refractivity contribution in [3.63, 3.8) is 0 Å². The van der Waals surface area contributed by atoms with Gasteiger partial charge in [0, 0.05) is 12.1 Å². The minimum absolute atomic E-state index is 0. The summed E-state index contributed by atoms with van der Waals surface area (Å²) in [5, 5.41) is 6.30. The van der Waals surface area contributed by atoms with Crippen molar-refractivity contribution in [1.82, 2.24) is 15.5 Å². The van der Waals surface area contributed by atoms with Gasteiger partial charge in [-0.25, -0.2) is 0 Å². The molecule has 6 nitrogen and oxygen atoms in total. The number of rotatable bonds is 3. The Morgan fingerprint density at radius 2 is 1.74 bits per heavy atom. The number of nitrogens with one attached hydrogen (secondary N) is 2. The number of halogens is 1. The maximum atomic E-state index is 12.4. The second kappa shape index (κ2) is 7.62. The molecule has 1 aliphatic carbocycles.